The zero-order chi connectivity index (χ0) is 30.5. The van der Waals surface area contributed by atoms with Crippen LogP contribution in [0.5, 0.6) is 0 Å². The molecule has 0 radical (unpaired) electrons. The Kier molecular flexibility index (Phi) is 18.7. The lowest BCUT2D eigenvalue weighted by Crippen LogP contribution is -2.23. The Morgan fingerprint density at radius 1 is 0.683 bits per heavy atom. The van der Waals surface area contributed by atoms with E-state index < -0.39 is 0 Å². The third kappa shape index (κ3) is 15.4. The van der Waals surface area contributed by atoms with Gasteiger partial charge in [-0.2, -0.15) is 0 Å². The van der Waals surface area contributed by atoms with Gasteiger partial charge in [0.15, 0.2) is 0 Å². The molecule has 0 unspecified atom stereocenters. The van der Waals surface area contributed by atoms with Crippen molar-refractivity contribution in [2.24, 2.45) is 0 Å². The molecule has 2 aromatic carbocycles. The predicted molar refractivity (Wildman–Crippen MR) is 153 cm³/mol. The molecule has 12 heteroatoms. The number of hydrogen-bond donors (Lipinski definition) is 5. The van der Waals surface area contributed by atoms with Gasteiger partial charge in [-0.05, 0) is 46.5 Å². The number of likely N-dealkylation sites (N-methyl/N-ethyl adjacent to an activating group) is 1. The monoisotopic (exact) mass is 580 g/mol. The number of carbonyl (C=O) groups is 2. The Balaban J connectivity index is 0.000000410. The van der Waals surface area contributed by atoms with Gasteiger partial charge in [-0.15, -0.1) is 0 Å². The number of nitrogens with zero attached hydrogens (tertiary/aromatic N) is 1. The molecule has 2 rings (SSSR count). The third-order valence-electron chi connectivity index (χ3n) is 5.76. The van der Waals surface area contributed by atoms with Crippen LogP contribution in [0.25, 0.3) is 0 Å². The van der Waals surface area contributed by atoms with E-state index in [1.165, 1.54) is 14.2 Å². The quantitative estimate of drug-likeness (QED) is 0.127. The Bertz CT molecular complexity index is 990. The van der Waals surface area contributed by atoms with Crippen LogP contribution in [0.15, 0.2) is 36.4 Å². The van der Waals surface area contributed by atoms with Crippen LogP contribution < -0.4 is 10.2 Å². The summed E-state index contributed by atoms with van der Waals surface area (Å²) >= 11 is 0. The first-order chi connectivity index (χ1) is 19.8. The number of nitrogens with one attached hydrogen (secondary N) is 1. The molecule has 12 nitrogen and oxygen atoms in total. The SMILES string of the molecule is COC(=O)CCOCCN(C)c1cc(CO)cc(CO)c1.COC(=O)CCOCCNc1cc(CO)cc(CO)c1. The van der Waals surface area contributed by atoms with Crippen LogP contribution in [0.2, 0.25) is 0 Å². The number of anilines is 2. The molecule has 2 aromatic rings. The summed E-state index contributed by atoms with van der Waals surface area (Å²) in [7, 11) is 4.60. The van der Waals surface area contributed by atoms with Crippen molar-refractivity contribution in [1.82, 2.24) is 0 Å². The summed E-state index contributed by atoms with van der Waals surface area (Å²) in [6.45, 7) is 2.53. The predicted octanol–water partition coefficient (Wildman–Crippen LogP) is 1.35. The first-order valence-electron chi connectivity index (χ1n) is 13.2. The molecule has 0 spiro atoms. The molecule has 0 aliphatic rings. The van der Waals surface area contributed by atoms with Crippen molar-refractivity contribution in [2.45, 2.75) is 39.3 Å². The van der Waals surface area contributed by atoms with Gasteiger partial charge < -0.3 is 49.6 Å². The highest BCUT2D eigenvalue weighted by atomic mass is 16.5. The number of carbonyl (C=O) groups excluding carboxylic acids is 2. The fourth-order valence-electron chi connectivity index (χ4n) is 3.51. The highest BCUT2D eigenvalue weighted by Crippen LogP contribution is 2.19. The van der Waals surface area contributed by atoms with Gasteiger partial charge in [0.1, 0.15) is 0 Å². The minimum atomic E-state index is -0.291. The number of ether oxygens (including phenoxy) is 4. The number of benzene rings is 2. The van der Waals surface area contributed by atoms with E-state index in [0.717, 1.165) is 33.6 Å². The van der Waals surface area contributed by atoms with Crippen molar-refractivity contribution < 1.29 is 49.0 Å². The molecule has 0 atom stereocenters. The number of aliphatic hydroxyl groups is 4. The van der Waals surface area contributed by atoms with Gasteiger partial charge in [0.25, 0.3) is 0 Å². The molecule has 0 fully saturated rings. The number of aliphatic hydroxyl groups excluding tert-OH is 4. The third-order valence-corrected chi connectivity index (χ3v) is 5.76. The van der Waals surface area contributed by atoms with Crippen molar-refractivity contribution >= 4 is 23.3 Å². The second-order valence-electron chi connectivity index (χ2n) is 8.90. The van der Waals surface area contributed by atoms with Crippen molar-refractivity contribution in [3.05, 3.63) is 58.7 Å². The van der Waals surface area contributed by atoms with Crippen LogP contribution in [0, 0.1) is 0 Å². The van der Waals surface area contributed by atoms with Crippen LogP contribution >= 0.6 is 0 Å². The maximum Gasteiger partial charge on any atom is 0.307 e. The highest BCUT2D eigenvalue weighted by molar-refractivity contribution is 5.69. The minimum Gasteiger partial charge on any atom is -0.469 e. The molecule has 0 saturated carbocycles. The average molecular weight is 581 g/mol. The Labute approximate surface area is 241 Å². The van der Waals surface area contributed by atoms with Gasteiger partial charge in [0, 0.05) is 31.5 Å². The van der Waals surface area contributed by atoms with Gasteiger partial charge in [-0.25, -0.2) is 0 Å². The second kappa shape index (κ2) is 21.5. The summed E-state index contributed by atoms with van der Waals surface area (Å²) in [5, 5.41) is 39.8. The first kappa shape index (κ1) is 35.8. The van der Waals surface area contributed by atoms with E-state index in [2.05, 4.69) is 14.8 Å². The smallest absolute Gasteiger partial charge is 0.307 e. The van der Waals surface area contributed by atoms with Crippen LogP contribution in [0.3, 0.4) is 0 Å². The molecule has 5 N–H and O–H groups in total. The minimum absolute atomic E-state index is 0.0652. The zero-order valence-corrected chi connectivity index (χ0v) is 24.1. The summed E-state index contributed by atoms with van der Waals surface area (Å²) in [5.41, 5.74) is 4.72. The normalized spacial score (nSPS) is 10.4. The van der Waals surface area contributed by atoms with E-state index in [9.17, 15) is 19.8 Å². The Morgan fingerprint density at radius 3 is 1.56 bits per heavy atom. The highest BCUT2D eigenvalue weighted by Gasteiger charge is 2.06. The van der Waals surface area contributed by atoms with Crippen molar-refractivity contribution in [2.75, 3.05) is 71.0 Å². The van der Waals surface area contributed by atoms with E-state index >= 15 is 0 Å². The van der Waals surface area contributed by atoms with E-state index in [-0.39, 0.29) is 51.2 Å². The summed E-state index contributed by atoms with van der Waals surface area (Å²) in [6.07, 6.45) is 0.486. The second-order valence-corrected chi connectivity index (χ2v) is 8.90. The molecule has 41 heavy (non-hydrogen) atoms. The van der Waals surface area contributed by atoms with E-state index in [1.54, 1.807) is 12.1 Å². The summed E-state index contributed by atoms with van der Waals surface area (Å²) in [6, 6.07) is 10.9. The standard InChI is InChI=1S/C15H23NO5.C14H21NO5/c1-16(4-6-21-5-3-15(19)20-2)14-8-12(10-17)7-13(9-14)11-18;1-19-14(18)2-4-20-5-3-15-13-7-11(9-16)6-12(8-13)10-17/h7-9,17-18H,3-6,10-11H2,1-2H3;6-8,15-17H,2-5,9-10H2,1H3. The van der Waals surface area contributed by atoms with Crippen molar-refractivity contribution in [3.63, 3.8) is 0 Å². The Hall–Kier alpha value is -3.26. The molecular weight excluding hydrogens is 536 g/mol. The van der Waals surface area contributed by atoms with Gasteiger partial charge >= 0.3 is 11.9 Å². The van der Waals surface area contributed by atoms with Crippen LogP contribution in [-0.2, 0) is 55.0 Å². The number of hydrogen-bond acceptors (Lipinski definition) is 12. The largest absolute Gasteiger partial charge is 0.469 e. The lowest BCUT2D eigenvalue weighted by Gasteiger charge is -2.20. The van der Waals surface area contributed by atoms with E-state index in [4.69, 9.17) is 19.7 Å². The van der Waals surface area contributed by atoms with Gasteiger partial charge in [0.05, 0.1) is 79.9 Å². The van der Waals surface area contributed by atoms with Crippen molar-refractivity contribution in [3.8, 4) is 0 Å². The topological polar surface area (TPSA) is 167 Å². The molecule has 230 valence electrons. The lowest BCUT2D eigenvalue weighted by atomic mass is 10.1. The fourth-order valence-corrected chi connectivity index (χ4v) is 3.51. The van der Waals surface area contributed by atoms with Gasteiger partial charge in [-0.1, -0.05) is 12.1 Å². The van der Waals surface area contributed by atoms with Gasteiger partial charge in [-0.3, -0.25) is 9.59 Å². The molecule has 0 bridgehead atoms. The Morgan fingerprint density at radius 2 is 1.12 bits per heavy atom. The summed E-state index contributed by atoms with van der Waals surface area (Å²) in [5.74, 6) is -0.576. The fraction of sp³-hybridized carbons (Fsp3) is 0.517. The molecule has 0 aliphatic heterocycles. The first-order valence-corrected chi connectivity index (χ1v) is 13.2. The molecule has 0 aliphatic carbocycles. The molecule has 0 aromatic heterocycles. The molecule has 0 saturated heterocycles. The molecule has 0 heterocycles. The van der Waals surface area contributed by atoms with Crippen LogP contribution in [0.1, 0.15) is 35.1 Å². The lowest BCUT2D eigenvalue weighted by molar-refractivity contribution is -0.142. The average Bonchev–Trinajstić information content (AvgIpc) is 3.01. The van der Waals surface area contributed by atoms with Crippen LogP contribution in [-0.4, -0.2) is 93.1 Å². The van der Waals surface area contributed by atoms with E-state index in [0.29, 0.717) is 39.5 Å². The molecular formula is C29H44N2O10. The number of esters is 2. The summed E-state index contributed by atoms with van der Waals surface area (Å²) in [4.78, 5) is 23.7. The summed E-state index contributed by atoms with van der Waals surface area (Å²) < 4.78 is 19.7. The zero-order valence-electron chi connectivity index (χ0n) is 24.1. The maximum atomic E-state index is 10.9. The number of rotatable bonds is 18. The number of methoxy groups -OCH3 is 2. The van der Waals surface area contributed by atoms with Crippen LogP contribution in [0.4, 0.5) is 11.4 Å². The maximum absolute atomic E-state index is 10.9. The van der Waals surface area contributed by atoms with Gasteiger partial charge in [0.2, 0.25) is 0 Å². The van der Waals surface area contributed by atoms with E-state index in [1.807, 2.05) is 36.2 Å². The van der Waals surface area contributed by atoms with Crippen molar-refractivity contribution in [1.29, 1.82) is 0 Å². The molecule has 0 amide bonds.